The van der Waals surface area contributed by atoms with Gasteiger partial charge in [0.05, 0.1) is 7.11 Å². The predicted molar refractivity (Wildman–Crippen MR) is 80.5 cm³/mol. The number of thiophene rings is 1. The fourth-order valence-electron chi connectivity index (χ4n) is 2.52. The van der Waals surface area contributed by atoms with E-state index >= 15 is 0 Å². The summed E-state index contributed by atoms with van der Waals surface area (Å²) in [5, 5.41) is 0. The number of likely N-dealkylation sites (tertiary alicyclic amines) is 1. The Morgan fingerprint density at radius 3 is 2.84 bits per heavy atom. The van der Waals surface area contributed by atoms with Crippen molar-refractivity contribution in [2.45, 2.75) is 26.3 Å². The maximum atomic E-state index is 12.5. The molecule has 1 aliphatic rings. The van der Waals surface area contributed by atoms with Gasteiger partial charge in [0.2, 0.25) is 0 Å². The molecule has 0 bridgehead atoms. The summed E-state index contributed by atoms with van der Waals surface area (Å²) in [5.41, 5.74) is 5.70. The minimum Gasteiger partial charge on any atom is -0.495 e. The number of carbonyl (C=O) groups excluding carboxylic acids is 1. The first kappa shape index (κ1) is 16.3. The molecule has 1 aliphatic heterocycles. The topological polar surface area (TPSA) is 55.6 Å². The summed E-state index contributed by atoms with van der Waals surface area (Å²) in [5.74, 6) is 1.19. The van der Waals surface area contributed by atoms with Crippen LogP contribution in [0.4, 0.5) is 0 Å². The first-order chi connectivity index (χ1) is 8.56. The van der Waals surface area contributed by atoms with Gasteiger partial charge in [-0.05, 0) is 38.8 Å². The van der Waals surface area contributed by atoms with Gasteiger partial charge in [-0.1, -0.05) is 0 Å². The molecule has 108 valence electrons. The molecule has 0 radical (unpaired) electrons. The van der Waals surface area contributed by atoms with Crippen LogP contribution in [0.15, 0.2) is 6.07 Å². The van der Waals surface area contributed by atoms with Gasteiger partial charge in [0.25, 0.3) is 5.91 Å². The molecule has 1 aromatic rings. The van der Waals surface area contributed by atoms with E-state index in [0.717, 1.165) is 17.8 Å². The summed E-state index contributed by atoms with van der Waals surface area (Å²) in [6, 6.07) is 2.18. The number of ether oxygens (including phenoxy) is 1. The Kier molecular flexibility index (Phi) is 5.64. The van der Waals surface area contributed by atoms with Gasteiger partial charge in [0.15, 0.2) is 0 Å². The second kappa shape index (κ2) is 6.59. The van der Waals surface area contributed by atoms with E-state index in [2.05, 4.69) is 6.92 Å². The van der Waals surface area contributed by atoms with Gasteiger partial charge in [0.1, 0.15) is 10.6 Å². The van der Waals surface area contributed by atoms with Gasteiger partial charge in [-0.2, -0.15) is 0 Å². The van der Waals surface area contributed by atoms with Gasteiger partial charge in [-0.15, -0.1) is 23.7 Å². The minimum atomic E-state index is 0. The van der Waals surface area contributed by atoms with E-state index in [4.69, 9.17) is 10.5 Å². The third kappa shape index (κ3) is 3.22. The van der Waals surface area contributed by atoms with Crippen LogP contribution in [0.2, 0.25) is 0 Å². The fraction of sp³-hybridized carbons (Fsp3) is 0.615. The molecule has 0 saturated carbocycles. The summed E-state index contributed by atoms with van der Waals surface area (Å²) in [7, 11) is 1.61. The van der Waals surface area contributed by atoms with Gasteiger partial charge >= 0.3 is 0 Å². The van der Waals surface area contributed by atoms with Gasteiger partial charge < -0.3 is 15.4 Å². The van der Waals surface area contributed by atoms with E-state index in [1.807, 2.05) is 17.9 Å². The zero-order chi connectivity index (χ0) is 13.3. The molecule has 2 atom stereocenters. The Bertz CT molecular complexity index is 450. The summed E-state index contributed by atoms with van der Waals surface area (Å²) in [6.07, 6.45) is 0.995. The van der Waals surface area contributed by atoms with E-state index in [1.54, 1.807) is 7.11 Å². The first-order valence-electron chi connectivity index (χ1n) is 6.22. The maximum absolute atomic E-state index is 12.5. The lowest BCUT2D eigenvalue weighted by Gasteiger charge is -2.21. The van der Waals surface area contributed by atoms with Crippen molar-refractivity contribution in [3.05, 3.63) is 15.8 Å². The molecule has 0 spiro atoms. The SMILES string of the molecule is COc1cc(C)sc1C(=O)N1CC(CN)CC1C.Cl. The molecule has 2 unspecified atom stereocenters. The quantitative estimate of drug-likeness (QED) is 0.932. The van der Waals surface area contributed by atoms with Crippen LogP contribution in [0.3, 0.4) is 0 Å². The molecule has 19 heavy (non-hydrogen) atoms. The van der Waals surface area contributed by atoms with Gasteiger partial charge in [-0.3, -0.25) is 4.79 Å². The highest BCUT2D eigenvalue weighted by atomic mass is 35.5. The molecule has 0 aliphatic carbocycles. The second-order valence-corrected chi connectivity index (χ2v) is 6.15. The standard InChI is InChI=1S/C13H20N2O2S.ClH/c1-8-4-10(6-14)7-15(8)13(16)12-11(17-3)5-9(2)18-12;/h5,8,10H,4,6-7,14H2,1-3H3;1H. The lowest BCUT2D eigenvalue weighted by molar-refractivity contribution is 0.0745. The lowest BCUT2D eigenvalue weighted by atomic mass is 10.1. The Labute approximate surface area is 124 Å². The van der Waals surface area contributed by atoms with Crippen molar-refractivity contribution < 1.29 is 9.53 Å². The molecule has 0 aromatic carbocycles. The number of rotatable bonds is 3. The van der Waals surface area contributed by atoms with E-state index in [-0.39, 0.29) is 24.4 Å². The number of hydrogen-bond acceptors (Lipinski definition) is 4. The maximum Gasteiger partial charge on any atom is 0.268 e. The highest BCUT2D eigenvalue weighted by Crippen LogP contribution is 2.32. The van der Waals surface area contributed by atoms with Crippen molar-refractivity contribution in [3.8, 4) is 5.75 Å². The number of carbonyl (C=O) groups is 1. The fourth-order valence-corrected chi connectivity index (χ4v) is 3.45. The van der Waals surface area contributed by atoms with Crippen LogP contribution in [-0.2, 0) is 0 Å². The second-order valence-electron chi connectivity index (χ2n) is 4.90. The van der Waals surface area contributed by atoms with Crippen LogP contribution >= 0.6 is 23.7 Å². The normalized spacial score (nSPS) is 22.2. The minimum absolute atomic E-state index is 0. The Balaban J connectivity index is 0.00000180. The molecule has 1 amide bonds. The summed E-state index contributed by atoms with van der Waals surface area (Å²) >= 11 is 1.50. The van der Waals surface area contributed by atoms with Crippen molar-refractivity contribution in [2.75, 3.05) is 20.2 Å². The van der Waals surface area contributed by atoms with E-state index in [0.29, 0.717) is 23.1 Å². The molecule has 6 heteroatoms. The monoisotopic (exact) mass is 304 g/mol. The van der Waals surface area contributed by atoms with Crippen molar-refractivity contribution in [1.82, 2.24) is 4.90 Å². The van der Waals surface area contributed by atoms with Crippen LogP contribution in [0.1, 0.15) is 27.9 Å². The zero-order valence-electron chi connectivity index (χ0n) is 11.5. The van der Waals surface area contributed by atoms with E-state index < -0.39 is 0 Å². The molecular formula is C13H21ClN2O2S. The largest absolute Gasteiger partial charge is 0.495 e. The lowest BCUT2D eigenvalue weighted by Crippen LogP contribution is -2.34. The summed E-state index contributed by atoms with van der Waals surface area (Å²) in [4.78, 5) is 16.3. The van der Waals surface area contributed by atoms with Crippen molar-refractivity contribution in [3.63, 3.8) is 0 Å². The smallest absolute Gasteiger partial charge is 0.268 e. The average molecular weight is 305 g/mol. The average Bonchev–Trinajstić information content (AvgIpc) is 2.91. The Morgan fingerprint density at radius 2 is 2.32 bits per heavy atom. The number of halogens is 1. The number of amides is 1. The third-order valence-electron chi connectivity index (χ3n) is 3.49. The Morgan fingerprint density at radius 1 is 1.63 bits per heavy atom. The van der Waals surface area contributed by atoms with E-state index in [1.165, 1.54) is 11.3 Å². The molecule has 2 N–H and O–H groups in total. The molecule has 1 saturated heterocycles. The van der Waals surface area contributed by atoms with Crippen molar-refractivity contribution >= 4 is 29.7 Å². The van der Waals surface area contributed by atoms with Crippen molar-refractivity contribution in [2.24, 2.45) is 11.7 Å². The third-order valence-corrected chi connectivity index (χ3v) is 4.51. The highest BCUT2D eigenvalue weighted by Gasteiger charge is 2.33. The van der Waals surface area contributed by atoms with Crippen LogP contribution in [0.5, 0.6) is 5.75 Å². The van der Waals surface area contributed by atoms with E-state index in [9.17, 15) is 4.79 Å². The van der Waals surface area contributed by atoms with Gasteiger partial charge in [-0.25, -0.2) is 0 Å². The predicted octanol–water partition coefficient (Wildman–Crippen LogP) is 2.30. The Hall–Kier alpha value is -0.780. The van der Waals surface area contributed by atoms with Crippen LogP contribution < -0.4 is 10.5 Å². The summed E-state index contributed by atoms with van der Waals surface area (Å²) < 4.78 is 5.27. The highest BCUT2D eigenvalue weighted by molar-refractivity contribution is 7.14. The number of nitrogens with zero attached hydrogens (tertiary/aromatic N) is 1. The number of methoxy groups -OCH3 is 1. The number of hydrogen-bond donors (Lipinski definition) is 1. The van der Waals surface area contributed by atoms with Crippen LogP contribution in [0, 0.1) is 12.8 Å². The van der Waals surface area contributed by atoms with Crippen molar-refractivity contribution in [1.29, 1.82) is 0 Å². The summed E-state index contributed by atoms with van der Waals surface area (Å²) in [6.45, 7) is 5.48. The molecule has 1 aromatic heterocycles. The zero-order valence-corrected chi connectivity index (χ0v) is 13.1. The number of aryl methyl sites for hydroxylation is 1. The molecule has 2 heterocycles. The van der Waals surface area contributed by atoms with Crippen LogP contribution in [-0.4, -0.2) is 37.0 Å². The molecule has 1 fully saturated rings. The first-order valence-corrected chi connectivity index (χ1v) is 7.04. The number of nitrogens with two attached hydrogens (primary N) is 1. The molecule has 4 nitrogen and oxygen atoms in total. The molecular weight excluding hydrogens is 284 g/mol. The van der Waals surface area contributed by atoms with Gasteiger partial charge in [0, 0.05) is 17.5 Å². The molecule has 2 rings (SSSR count). The van der Waals surface area contributed by atoms with Crippen LogP contribution in [0.25, 0.3) is 0 Å².